The number of nitrogens with one attached hydrogen (secondary N) is 1. The summed E-state index contributed by atoms with van der Waals surface area (Å²) in [7, 11) is 2.08. The topological polar surface area (TPSA) is 21.3 Å². The molecule has 2 atom stereocenters. The summed E-state index contributed by atoms with van der Waals surface area (Å²) < 4.78 is 5.73. The summed E-state index contributed by atoms with van der Waals surface area (Å²) in [4.78, 5) is 0. The monoisotopic (exact) mass is 205 g/mol. The molecule has 2 unspecified atom stereocenters. The lowest BCUT2D eigenvalue weighted by molar-refractivity contribution is -0.171. The van der Waals surface area contributed by atoms with Crippen molar-refractivity contribution in [3.8, 4) is 0 Å². The van der Waals surface area contributed by atoms with E-state index in [1.165, 1.54) is 25.7 Å². The number of hydrogen-bond donors (Lipinski definition) is 1. The largest absolute Gasteiger partial charge is 0.378 e. The Bertz CT molecular complexity index is 170. The first-order valence-corrected chi connectivity index (χ1v) is 5.12. The first-order valence-electron chi connectivity index (χ1n) is 5.12. The maximum absolute atomic E-state index is 5.73. The van der Waals surface area contributed by atoms with E-state index in [9.17, 15) is 0 Å². The Hall–Kier alpha value is 0.210. The quantitative estimate of drug-likeness (QED) is 0.761. The molecule has 1 N–H and O–H groups in total. The molecule has 2 saturated carbocycles. The van der Waals surface area contributed by atoms with E-state index in [-0.39, 0.29) is 12.4 Å². The lowest BCUT2D eigenvalue weighted by atomic mass is 9.51. The zero-order chi connectivity index (χ0) is 8.60. The Morgan fingerprint density at radius 2 is 2.15 bits per heavy atom. The van der Waals surface area contributed by atoms with Crippen molar-refractivity contribution in [2.45, 2.75) is 44.8 Å². The van der Waals surface area contributed by atoms with Crippen molar-refractivity contribution in [1.29, 1.82) is 0 Å². The highest BCUT2D eigenvalue weighted by molar-refractivity contribution is 5.85. The van der Waals surface area contributed by atoms with E-state index in [1.807, 2.05) is 0 Å². The predicted molar refractivity (Wildman–Crippen MR) is 56.4 cm³/mol. The molecule has 0 aromatic heterocycles. The van der Waals surface area contributed by atoms with Crippen molar-refractivity contribution in [2.24, 2.45) is 5.41 Å². The fourth-order valence-corrected chi connectivity index (χ4v) is 2.84. The first kappa shape index (κ1) is 11.3. The van der Waals surface area contributed by atoms with Gasteiger partial charge >= 0.3 is 0 Å². The molecule has 2 rings (SSSR count). The van der Waals surface area contributed by atoms with E-state index < -0.39 is 0 Å². The Morgan fingerprint density at radius 1 is 1.46 bits per heavy atom. The number of halogens is 1. The highest BCUT2D eigenvalue weighted by Gasteiger charge is 2.58. The Morgan fingerprint density at radius 3 is 2.54 bits per heavy atom. The molecule has 2 nitrogen and oxygen atoms in total. The fraction of sp³-hybridized carbons (Fsp3) is 1.00. The molecular weight excluding hydrogens is 186 g/mol. The van der Waals surface area contributed by atoms with Crippen molar-refractivity contribution in [1.82, 2.24) is 5.32 Å². The van der Waals surface area contributed by atoms with Gasteiger partial charge in [0.05, 0.1) is 6.10 Å². The normalized spacial score (nSPS) is 34.6. The van der Waals surface area contributed by atoms with Crippen molar-refractivity contribution in [3.63, 3.8) is 0 Å². The zero-order valence-electron chi connectivity index (χ0n) is 8.51. The van der Waals surface area contributed by atoms with Crippen LogP contribution in [0.4, 0.5) is 0 Å². The zero-order valence-corrected chi connectivity index (χ0v) is 9.32. The van der Waals surface area contributed by atoms with Gasteiger partial charge in [0.2, 0.25) is 0 Å². The van der Waals surface area contributed by atoms with Gasteiger partial charge in [-0.05, 0) is 33.2 Å². The summed E-state index contributed by atoms with van der Waals surface area (Å²) in [5.41, 5.74) is 0.546. The van der Waals surface area contributed by atoms with Crippen molar-refractivity contribution < 1.29 is 4.74 Å². The van der Waals surface area contributed by atoms with Gasteiger partial charge in [-0.25, -0.2) is 0 Å². The average Bonchev–Trinajstić information content (AvgIpc) is 1.93. The van der Waals surface area contributed by atoms with Crippen LogP contribution in [0.2, 0.25) is 0 Å². The van der Waals surface area contributed by atoms with E-state index in [1.54, 1.807) is 0 Å². The number of rotatable bonds is 3. The summed E-state index contributed by atoms with van der Waals surface area (Å²) in [6.07, 6.45) is 5.95. The fourth-order valence-electron chi connectivity index (χ4n) is 2.84. The van der Waals surface area contributed by atoms with Crippen LogP contribution in [-0.4, -0.2) is 25.8 Å². The van der Waals surface area contributed by atoms with E-state index >= 15 is 0 Å². The second-order valence-electron chi connectivity index (χ2n) is 4.11. The van der Waals surface area contributed by atoms with E-state index in [0.717, 1.165) is 12.6 Å². The summed E-state index contributed by atoms with van der Waals surface area (Å²) in [5, 5.41) is 3.40. The van der Waals surface area contributed by atoms with Crippen LogP contribution in [0.1, 0.15) is 32.6 Å². The van der Waals surface area contributed by atoms with Crippen LogP contribution in [0.25, 0.3) is 0 Å². The minimum Gasteiger partial charge on any atom is -0.378 e. The molecule has 2 aliphatic rings. The summed E-state index contributed by atoms with van der Waals surface area (Å²) >= 11 is 0. The van der Waals surface area contributed by atoms with Crippen LogP contribution in [0.15, 0.2) is 0 Å². The molecule has 3 heteroatoms. The third kappa shape index (κ3) is 1.49. The molecule has 0 saturated heterocycles. The SMILES string of the molecule is CCOC1CC(NC)C12CCC2.Cl. The lowest BCUT2D eigenvalue weighted by Gasteiger charge is -2.61. The molecule has 13 heavy (non-hydrogen) atoms. The highest BCUT2D eigenvalue weighted by Crippen LogP contribution is 2.57. The molecule has 0 amide bonds. The molecule has 0 aliphatic heterocycles. The maximum atomic E-state index is 5.73. The van der Waals surface area contributed by atoms with Gasteiger partial charge in [-0.3, -0.25) is 0 Å². The van der Waals surface area contributed by atoms with Gasteiger partial charge in [-0.1, -0.05) is 6.42 Å². The van der Waals surface area contributed by atoms with Gasteiger partial charge in [0, 0.05) is 18.1 Å². The van der Waals surface area contributed by atoms with Crippen molar-refractivity contribution >= 4 is 12.4 Å². The van der Waals surface area contributed by atoms with Crippen LogP contribution in [-0.2, 0) is 4.74 Å². The van der Waals surface area contributed by atoms with Crippen molar-refractivity contribution in [2.75, 3.05) is 13.7 Å². The summed E-state index contributed by atoms with van der Waals surface area (Å²) in [6.45, 7) is 2.97. The van der Waals surface area contributed by atoms with E-state index in [4.69, 9.17) is 4.74 Å². The number of hydrogen-bond acceptors (Lipinski definition) is 2. The number of ether oxygens (including phenoxy) is 1. The Kier molecular flexibility index (Phi) is 3.61. The standard InChI is InChI=1S/C10H19NO.ClH/c1-3-12-9-7-8(11-2)10(9)5-4-6-10;/h8-9,11H,3-7H2,1-2H3;1H. The summed E-state index contributed by atoms with van der Waals surface area (Å²) in [5.74, 6) is 0. The summed E-state index contributed by atoms with van der Waals surface area (Å²) in [6, 6.07) is 0.739. The average molecular weight is 206 g/mol. The van der Waals surface area contributed by atoms with Gasteiger partial charge in [-0.2, -0.15) is 0 Å². The molecule has 0 radical (unpaired) electrons. The molecular formula is C10H20ClNO. The van der Waals surface area contributed by atoms with Gasteiger partial charge in [-0.15, -0.1) is 12.4 Å². The third-order valence-electron chi connectivity index (χ3n) is 3.79. The van der Waals surface area contributed by atoms with Gasteiger partial charge in [0.25, 0.3) is 0 Å². The van der Waals surface area contributed by atoms with Gasteiger partial charge in [0.15, 0.2) is 0 Å². The highest BCUT2D eigenvalue weighted by atomic mass is 35.5. The molecule has 0 aromatic carbocycles. The lowest BCUT2D eigenvalue weighted by Crippen LogP contribution is -2.66. The molecule has 0 heterocycles. The minimum absolute atomic E-state index is 0. The van der Waals surface area contributed by atoms with Gasteiger partial charge < -0.3 is 10.1 Å². The molecule has 0 bridgehead atoms. The van der Waals surface area contributed by atoms with E-state index in [0.29, 0.717) is 11.5 Å². The Labute approximate surface area is 86.8 Å². The van der Waals surface area contributed by atoms with Crippen LogP contribution in [0, 0.1) is 5.41 Å². The first-order chi connectivity index (χ1) is 5.83. The second-order valence-corrected chi connectivity index (χ2v) is 4.11. The Balaban J connectivity index is 0.000000845. The maximum Gasteiger partial charge on any atom is 0.0661 e. The molecule has 1 spiro atoms. The minimum atomic E-state index is 0. The molecule has 0 aromatic rings. The third-order valence-corrected chi connectivity index (χ3v) is 3.79. The predicted octanol–water partition coefficient (Wildman–Crippen LogP) is 1.98. The molecule has 78 valence electrons. The smallest absolute Gasteiger partial charge is 0.0661 e. The van der Waals surface area contributed by atoms with Crippen LogP contribution >= 0.6 is 12.4 Å². The second kappa shape index (κ2) is 4.16. The molecule has 2 aliphatic carbocycles. The van der Waals surface area contributed by atoms with Crippen LogP contribution in [0.3, 0.4) is 0 Å². The van der Waals surface area contributed by atoms with Crippen molar-refractivity contribution in [3.05, 3.63) is 0 Å². The van der Waals surface area contributed by atoms with Gasteiger partial charge in [0.1, 0.15) is 0 Å². The van der Waals surface area contributed by atoms with Crippen LogP contribution in [0.5, 0.6) is 0 Å². The van der Waals surface area contributed by atoms with Crippen LogP contribution < -0.4 is 5.32 Å². The van der Waals surface area contributed by atoms with E-state index in [2.05, 4.69) is 19.3 Å². The molecule has 2 fully saturated rings.